The minimum Gasteiger partial charge on any atom is -0.241 e. The first-order chi connectivity index (χ1) is 11.8. The van der Waals surface area contributed by atoms with Gasteiger partial charge in [0.25, 0.3) is 0 Å². The Bertz CT molecular complexity index is 954. The fraction of sp³-hybridized carbons (Fsp3) is 0.278. The van der Waals surface area contributed by atoms with Crippen LogP contribution in [0.3, 0.4) is 0 Å². The van der Waals surface area contributed by atoms with Crippen molar-refractivity contribution in [2.45, 2.75) is 37.4 Å². The van der Waals surface area contributed by atoms with Gasteiger partial charge in [0.15, 0.2) is 0 Å². The molecule has 0 aliphatic heterocycles. The van der Waals surface area contributed by atoms with Crippen molar-refractivity contribution in [1.29, 1.82) is 0 Å². The van der Waals surface area contributed by atoms with Crippen LogP contribution in [0.1, 0.15) is 36.6 Å². The average molecular weight is 393 g/mol. The monoisotopic (exact) mass is 392 g/mol. The molecule has 25 heavy (non-hydrogen) atoms. The summed E-state index contributed by atoms with van der Waals surface area (Å²) in [6.45, 7) is 6.48. The van der Waals surface area contributed by atoms with Gasteiger partial charge in [-0.15, -0.1) is 22.7 Å². The number of hydrogen-bond donors (Lipinski definition) is 1. The molecule has 4 nitrogen and oxygen atoms in total. The van der Waals surface area contributed by atoms with Crippen LogP contribution < -0.4 is 4.72 Å². The quantitative estimate of drug-likeness (QED) is 0.656. The molecule has 0 spiro atoms. The Morgan fingerprint density at radius 1 is 1.12 bits per heavy atom. The van der Waals surface area contributed by atoms with E-state index in [1.54, 1.807) is 17.4 Å². The lowest BCUT2D eigenvalue weighted by atomic mass is 10.2. The zero-order valence-electron chi connectivity index (χ0n) is 14.3. The fourth-order valence-corrected chi connectivity index (χ4v) is 5.48. The van der Waals surface area contributed by atoms with Crippen molar-refractivity contribution in [3.63, 3.8) is 0 Å². The van der Waals surface area contributed by atoms with Gasteiger partial charge in [-0.25, -0.2) is 18.1 Å². The maximum Gasteiger partial charge on any atom is 0.250 e. The molecule has 1 aromatic carbocycles. The summed E-state index contributed by atoms with van der Waals surface area (Å²) in [5, 5.41) is 4.74. The Kier molecular flexibility index (Phi) is 5.38. The van der Waals surface area contributed by atoms with Crippen LogP contribution in [0.25, 0.3) is 10.6 Å². The number of nitrogens with one attached hydrogen (secondary N) is 1. The molecule has 0 aliphatic rings. The zero-order chi connectivity index (χ0) is 18.0. The standard InChI is InChI=1S/C18H20N2O2S3/c1-12(2)16-11-24-18(20-16)15-8-17(23-10-15)25(21,22)19-9-14-6-4-13(3)5-7-14/h4-8,10-12,19H,9H2,1-3H3. The second-order valence-electron chi connectivity index (χ2n) is 6.20. The van der Waals surface area contributed by atoms with Crippen LogP contribution in [-0.4, -0.2) is 13.4 Å². The molecule has 0 aliphatic carbocycles. The molecule has 0 fully saturated rings. The predicted octanol–water partition coefficient (Wildman–Crippen LogP) is 4.78. The van der Waals surface area contributed by atoms with Gasteiger partial charge in [0.2, 0.25) is 10.0 Å². The third-order valence-electron chi connectivity index (χ3n) is 3.79. The second-order valence-corrected chi connectivity index (χ2v) is 9.96. The van der Waals surface area contributed by atoms with Crippen LogP contribution in [0.2, 0.25) is 0 Å². The lowest BCUT2D eigenvalue weighted by Crippen LogP contribution is -2.22. The molecule has 0 unspecified atom stereocenters. The number of thiazole rings is 1. The highest BCUT2D eigenvalue weighted by Crippen LogP contribution is 2.32. The molecule has 3 rings (SSSR count). The van der Waals surface area contributed by atoms with Gasteiger partial charge in [-0.3, -0.25) is 0 Å². The highest BCUT2D eigenvalue weighted by atomic mass is 32.2. The first-order valence-electron chi connectivity index (χ1n) is 7.94. The number of hydrogen-bond acceptors (Lipinski definition) is 5. The van der Waals surface area contributed by atoms with Gasteiger partial charge in [-0.05, 0) is 24.5 Å². The average Bonchev–Trinajstić information content (AvgIpc) is 3.23. The smallest absolute Gasteiger partial charge is 0.241 e. The largest absolute Gasteiger partial charge is 0.250 e. The number of aryl methyl sites for hydroxylation is 1. The number of rotatable bonds is 6. The maximum absolute atomic E-state index is 12.5. The Hall–Kier alpha value is -1.54. The molecule has 0 amide bonds. The lowest BCUT2D eigenvalue weighted by Gasteiger charge is -2.05. The predicted molar refractivity (Wildman–Crippen MR) is 105 cm³/mol. The summed E-state index contributed by atoms with van der Waals surface area (Å²) in [5.41, 5.74) is 3.98. The first kappa shape index (κ1) is 18.3. The molecule has 132 valence electrons. The highest BCUT2D eigenvalue weighted by Gasteiger charge is 2.18. The van der Waals surface area contributed by atoms with Crippen molar-refractivity contribution in [2.24, 2.45) is 0 Å². The van der Waals surface area contributed by atoms with Crippen molar-refractivity contribution >= 4 is 32.7 Å². The summed E-state index contributed by atoms with van der Waals surface area (Å²) in [6.07, 6.45) is 0. The molecule has 0 bridgehead atoms. The van der Waals surface area contributed by atoms with Crippen LogP contribution in [0.15, 0.2) is 45.3 Å². The summed E-state index contributed by atoms with van der Waals surface area (Å²) in [4.78, 5) is 4.59. The van der Waals surface area contributed by atoms with E-state index >= 15 is 0 Å². The van der Waals surface area contributed by atoms with E-state index in [9.17, 15) is 8.42 Å². The molecule has 3 aromatic rings. The van der Waals surface area contributed by atoms with Crippen LogP contribution in [0.4, 0.5) is 0 Å². The van der Waals surface area contributed by atoms with Crippen molar-refractivity contribution < 1.29 is 8.42 Å². The van der Waals surface area contributed by atoms with E-state index in [1.807, 2.05) is 41.9 Å². The Balaban J connectivity index is 1.74. The summed E-state index contributed by atoms with van der Waals surface area (Å²) in [5.74, 6) is 0.364. The van der Waals surface area contributed by atoms with Crippen molar-refractivity contribution in [3.05, 3.63) is 57.9 Å². The topological polar surface area (TPSA) is 59.1 Å². The molecule has 0 atom stereocenters. The Morgan fingerprint density at radius 3 is 2.48 bits per heavy atom. The van der Waals surface area contributed by atoms with E-state index in [-0.39, 0.29) is 6.54 Å². The fourth-order valence-electron chi connectivity index (χ4n) is 2.21. The van der Waals surface area contributed by atoms with Crippen molar-refractivity contribution in [1.82, 2.24) is 9.71 Å². The Labute approximate surface area is 156 Å². The van der Waals surface area contributed by atoms with Gasteiger partial charge in [0, 0.05) is 22.9 Å². The minimum absolute atomic E-state index is 0.282. The Morgan fingerprint density at radius 2 is 1.84 bits per heavy atom. The van der Waals surface area contributed by atoms with E-state index in [0.717, 1.165) is 27.4 Å². The third kappa shape index (κ3) is 4.36. The molecular formula is C18H20N2O2S3. The lowest BCUT2D eigenvalue weighted by molar-refractivity contribution is 0.583. The van der Waals surface area contributed by atoms with Crippen molar-refractivity contribution in [2.75, 3.05) is 0 Å². The maximum atomic E-state index is 12.5. The summed E-state index contributed by atoms with van der Waals surface area (Å²) >= 11 is 2.77. The van der Waals surface area contributed by atoms with E-state index in [0.29, 0.717) is 10.1 Å². The molecule has 2 heterocycles. The van der Waals surface area contributed by atoms with Gasteiger partial charge in [0.05, 0.1) is 5.69 Å². The van der Waals surface area contributed by atoms with Gasteiger partial charge < -0.3 is 0 Å². The van der Waals surface area contributed by atoms with Crippen LogP contribution >= 0.6 is 22.7 Å². The summed E-state index contributed by atoms with van der Waals surface area (Å²) in [6, 6.07) is 9.51. The zero-order valence-corrected chi connectivity index (χ0v) is 16.8. The van der Waals surface area contributed by atoms with Crippen molar-refractivity contribution in [3.8, 4) is 10.6 Å². The van der Waals surface area contributed by atoms with E-state index in [1.165, 1.54) is 11.3 Å². The number of nitrogens with zero attached hydrogens (tertiary/aromatic N) is 1. The molecular weight excluding hydrogens is 372 g/mol. The van der Waals surface area contributed by atoms with Gasteiger partial charge in [0.1, 0.15) is 9.22 Å². The van der Waals surface area contributed by atoms with Gasteiger partial charge in [-0.2, -0.15) is 0 Å². The number of benzene rings is 1. The molecule has 2 aromatic heterocycles. The molecule has 0 radical (unpaired) electrons. The third-order valence-corrected chi connectivity index (χ3v) is 7.54. The molecule has 0 saturated heterocycles. The van der Waals surface area contributed by atoms with Crippen LogP contribution in [0.5, 0.6) is 0 Å². The SMILES string of the molecule is Cc1ccc(CNS(=O)(=O)c2cc(-c3nc(C(C)C)cs3)cs2)cc1. The van der Waals surface area contributed by atoms with Crippen LogP contribution in [0, 0.1) is 6.92 Å². The summed E-state index contributed by atoms with van der Waals surface area (Å²) in [7, 11) is -3.52. The van der Waals surface area contributed by atoms with E-state index in [4.69, 9.17) is 0 Å². The first-order valence-corrected chi connectivity index (χ1v) is 11.2. The second kappa shape index (κ2) is 7.37. The normalized spacial score (nSPS) is 12.0. The van der Waals surface area contributed by atoms with Gasteiger partial charge in [-0.1, -0.05) is 43.7 Å². The highest BCUT2D eigenvalue weighted by molar-refractivity contribution is 7.91. The summed E-state index contributed by atoms with van der Waals surface area (Å²) < 4.78 is 28.0. The van der Waals surface area contributed by atoms with E-state index < -0.39 is 10.0 Å². The van der Waals surface area contributed by atoms with E-state index in [2.05, 4.69) is 23.6 Å². The number of aromatic nitrogens is 1. The molecule has 7 heteroatoms. The van der Waals surface area contributed by atoms with Gasteiger partial charge >= 0.3 is 0 Å². The number of sulfonamides is 1. The minimum atomic E-state index is -3.52. The molecule has 1 N–H and O–H groups in total. The number of thiophene rings is 1. The molecule has 0 saturated carbocycles. The van der Waals surface area contributed by atoms with Crippen LogP contribution in [-0.2, 0) is 16.6 Å².